The molecule has 0 radical (unpaired) electrons. The van der Waals surface area contributed by atoms with Gasteiger partial charge in [0.2, 0.25) is 5.91 Å². The number of nitrogens with one attached hydrogen (secondary N) is 1. The lowest BCUT2D eigenvalue weighted by Gasteiger charge is -2.36. The minimum absolute atomic E-state index is 0.0199. The number of hydrogen-bond donors (Lipinski definition) is 1. The van der Waals surface area contributed by atoms with Gasteiger partial charge in [0.05, 0.1) is 12.6 Å². The van der Waals surface area contributed by atoms with E-state index in [9.17, 15) is 13.6 Å². The van der Waals surface area contributed by atoms with E-state index in [0.717, 1.165) is 24.2 Å². The van der Waals surface area contributed by atoms with Crippen LogP contribution in [0.2, 0.25) is 0 Å². The normalized spacial score (nSPS) is 16.3. The van der Waals surface area contributed by atoms with E-state index < -0.39 is 6.61 Å². The lowest BCUT2D eigenvalue weighted by molar-refractivity contribution is -0.123. The zero-order valence-electron chi connectivity index (χ0n) is 16.4. The summed E-state index contributed by atoms with van der Waals surface area (Å²) in [5.74, 6) is 0.0194. The largest absolute Gasteiger partial charge is 0.435 e. The molecule has 0 spiro atoms. The fourth-order valence-electron chi connectivity index (χ4n) is 3.85. The van der Waals surface area contributed by atoms with Crippen molar-refractivity contribution in [2.75, 3.05) is 13.1 Å². The molecule has 5 nitrogen and oxygen atoms in total. The van der Waals surface area contributed by atoms with Gasteiger partial charge < -0.3 is 14.6 Å². The molecule has 1 unspecified atom stereocenters. The topological polar surface area (TPSA) is 46.5 Å². The third-order valence-electron chi connectivity index (χ3n) is 5.24. The maximum atomic E-state index is 12.6. The van der Waals surface area contributed by atoms with Gasteiger partial charge in [0.1, 0.15) is 5.75 Å². The second kappa shape index (κ2) is 9.09. The number of aromatic nitrogens is 1. The molecular weight excluding hydrogens is 388 g/mol. The van der Waals surface area contributed by atoms with Gasteiger partial charge >= 0.3 is 6.61 Å². The maximum absolute atomic E-state index is 12.6. The highest BCUT2D eigenvalue weighted by molar-refractivity contribution is 5.78. The molecule has 1 aromatic heterocycles. The zero-order chi connectivity index (χ0) is 20.9. The van der Waals surface area contributed by atoms with Gasteiger partial charge in [-0.1, -0.05) is 42.5 Å². The Morgan fingerprint density at radius 3 is 2.53 bits per heavy atom. The van der Waals surface area contributed by atoms with Crippen LogP contribution in [0.4, 0.5) is 8.78 Å². The van der Waals surface area contributed by atoms with Crippen molar-refractivity contribution in [1.29, 1.82) is 0 Å². The second-order valence-corrected chi connectivity index (χ2v) is 7.21. The Balaban J connectivity index is 1.40. The number of ether oxygens (including phenoxy) is 1. The molecule has 4 rings (SSSR count). The number of fused-ring (bicyclic) bond motifs is 1. The van der Waals surface area contributed by atoms with Crippen molar-refractivity contribution < 1.29 is 18.3 Å². The second-order valence-electron chi connectivity index (χ2n) is 7.21. The highest BCUT2D eigenvalue weighted by Crippen LogP contribution is 2.31. The molecule has 1 atom stereocenters. The van der Waals surface area contributed by atoms with Crippen LogP contribution in [0.25, 0.3) is 0 Å². The Morgan fingerprint density at radius 1 is 1.03 bits per heavy atom. The van der Waals surface area contributed by atoms with Crippen LogP contribution < -0.4 is 10.1 Å². The van der Waals surface area contributed by atoms with E-state index in [2.05, 4.69) is 43.9 Å². The fourth-order valence-corrected chi connectivity index (χ4v) is 3.85. The molecule has 0 bridgehead atoms. The van der Waals surface area contributed by atoms with E-state index in [1.54, 1.807) is 12.1 Å². The van der Waals surface area contributed by atoms with E-state index in [1.165, 1.54) is 17.8 Å². The average Bonchev–Trinajstić information content (AvgIpc) is 3.22. The highest BCUT2D eigenvalue weighted by Gasteiger charge is 2.29. The quantitative estimate of drug-likeness (QED) is 0.643. The number of halogens is 2. The average molecular weight is 411 g/mol. The van der Waals surface area contributed by atoms with Gasteiger partial charge in [-0.05, 0) is 35.4 Å². The number of hydrogen-bond acceptors (Lipinski definition) is 3. The third-order valence-corrected chi connectivity index (χ3v) is 5.24. The van der Waals surface area contributed by atoms with Crippen LogP contribution in [0.5, 0.6) is 5.75 Å². The van der Waals surface area contributed by atoms with Crippen LogP contribution in [0.3, 0.4) is 0 Å². The molecule has 30 heavy (non-hydrogen) atoms. The van der Waals surface area contributed by atoms with Gasteiger partial charge in [0.25, 0.3) is 0 Å². The summed E-state index contributed by atoms with van der Waals surface area (Å²) in [7, 11) is 0. The minimum atomic E-state index is -2.85. The van der Waals surface area contributed by atoms with Crippen molar-refractivity contribution in [3.05, 3.63) is 89.7 Å². The van der Waals surface area contributed by atoms with E-state index in [4.69, 9.17) is 0 Å². The number of benzene rings is 2. The number of rotatable bonds is 7. The summed E-state index contributed by atoms with van der Waals surface area (Å²) in [6.45, 7) is -0.636. The number of carbonyl (C=O) groups is 1. The van der Waals surface area contributed by atoms with Crippen molar-refractivity contribution >= 4 is 5.91 Å². The predicted octanol–water partition coefficient (Wildman–Crippen LogP) is 3.81. The molecule has 7 heteroatoms. The summed E-state index contributed by atoms with van der Waals surface area (Å²) >= 11 is 0. The van der Waals surface area contributed by atoms with E-state index in [-0.39, 0.29) is 24.2 Å². The van der Waals surface area contributed by atoms with Crippen LogP contribution >= 0.6 is 0 Å². The first-order chi connectivity index (χ1) is 14.6. The van der Waals surface area contributed by atoms with Gasteiger partial charge in [-0.15, -0.1) is 0 Å². The molecular formula is C23H23F2N3O2. The number of nitrogens with zero attached hydrogens (tertiary/aromatic N) is 2. The first-order valence-corrected chi connectivity index (χ1v) is 9.84. The predicted molar refractivity (Wildman–Crippen MR) is 109 cm³/mol. The van der Waals surface area contributed by atoms with Crippen molar-refractivity contribution in [3.63, 3.8) is 0 Å². The van der Waals surface area contributed by atoms with Crippen LogP contribution in [0.15, 0.2) is 72.9 Å². The number of amides is 1. The molecule has 1 aliphatic rings. The number of carbonyl (C=O) groups excluding carboxylic acids is 1. The molecule has 0 fully saturated rings. The van der Waals surface area contributed by atoms with E-state index in [0.29, 0.717) is 6.54 Å². The van der Waals surface area contributed by atoms with Crippen molar-refractivity contribution in [2.24, 2.45) is 0 Å². The van der Waals surface area contributed by atoms with Gasteiger partial charge in [-0.25, -0.2) is 0 Å². The standard InChI is InChI=1S/C23H23F2N3O2/c24-23(25)30-19-10-8-17(9-11-19)15-26-21(29)16-28-14-13-27-12-4-7-20(27)22(28)18-5-2-1-3-6-18/h1-12,22-23H,13-16H2,(H,26,29). The molecule has 0 aliphatic carbocycles. The Kier molecular flexibility index (Phi) is 6.09. The third kappa shape index (κ3) is 4.68. The molecule has 156 valence electrons. The summed E-state index contributed by atoms with van der Waals surface area (Å²) in [6.07, 6.45) is 2.07. The maximum Gasteiger partial charge on any atom is 0.387 e. The van der Waals surface area contributed by atoms with Gasteiger partial charge in [-0.3, -0.25) is 9.69 Å². The molecule has 2 heterocycles. The SMILES string of the molecule is O=C(CN1CCn2cccc2C1c1ccccc1)NCc1ccc(OC(F)F)cc1. The minimum Gasteiger partial charge on any atom is -0.435 e. The Bertz CT molecular complexity index is 974. The lowest BCUT2D eigenvalue weighted by Crippen LogP contribution is -2.44. The smallest absolute Gasteiger partial charge is 0.387 e. The van der Waals surface area contributed by atoms with Crippen LogP contribution in [0.1, 0.15) is 22.9 Å². The first-order valence-electron chi connectivity index (χ1n) is 9.84. The Labute approximate surface area is 173 Å². The van der Waals surface area contributed by atoms with Crippen LogP contribution in [0, 0.1) is 0 Å². The molecule has 1 N–H and O–H groups in total. The van der Waals surface area contributed by atoms with Gasteiger partial charge in [0.15, 0.2) is 0 Å². The van der Waals surface area contributed by atoms with Crippen molar-refractivity contribution in [1.82, 2.24) is 14.8 Å². The van der Waals surface area contributed by atoms with Crippen LogP contribution in [-0.4, -0.2) is 35.1 Å². The van der Waals surface area contributed by atoms with Crippen molar-refractivity contribution in [3.8, 4) is 5.75 Å². The summed E-state index contributed by atoms with van der Waals surface area (Å²) in [5, 5.41) is 2.92. The Hall–Kier alpha value is -3.19. The lowest BCUT2D eigenvalue weighted by atomic mass is 10.00. The first kappa shape index (κ1) is 20.1. The monoisotopic (exact) mass is 411 g/mol. The molecule has 0 saturated heterocycles. The molecule has 3 aromatic rings. The van der Waals surface area contributed by atoms with Gasteiger partial charge in [0, 0.05) is 31.5 Å². The van der Waals surface area contributed by atoms with E-state index in [1.807, 2.05) is 24.3 Å². The molecule has 1 amide bonds. The van der Waals surface area contributed by atoms with E-state index >= 15 is 0 Å². The van der Waals surface area contributed by atoms with Crippen molar-refractivity contribution in [2.45, 2.75) is 25.7 Å². The summed E-state index contributed by atoms with van der Waals surface area (Å²) < 4.78 is 31.0. The zero-order valence-corrected chi connectivity index (χ0v) is 16.4. The molecule has 0 saturated carbocycles. The van der Waals surface area contributed by atoms with Crippen LogP contribution in [-0.2, 0) is 17.9 Å². The van der Waals surface area contributed by atoms with Gasteiger partial charge in [-0.2, -0.15) is 8.78 Å². The summed E-state index contributed by atoms with van der Waals surface area (Å²) in [4.78, 5) is 14.8. The Morgan fingerprint density at radius 2 is 1.80 bits per heavy atom. The molecule has 1 aliphatic heterocycles. The highest BCUT2D eigenvalue weighted by atomic mass is 19.3. The molecule has 2 aromatic carbocycles. The number of alkyl halides is 2. The summed E-state index contributed by atoms with van der Waals surface area (Å²) in [6, 6.07) is 20.6. The summed E-state index contributed by atoms with van der Waals surface area (Å²) in [5.41, 5.74) is 3.14. The fraction of sp³-hybridized carbons (Fsp3) is 0.261.